The number of halogens is 4. The van der Waals surface area contributed by atoms with Gasteiger partial charge >= 0.3 is 11.9 Å². The number of esters is 2. The number of ether oxygens (including phenoxy) is 2. The molecule has 0 aromatic heterocycles. The predicted molar refractivity (Wildman–Crippen MR) is 171 cm³/mol. The summed E-state index contributed by atoms with van der Waals surface area (Å²) in [6.45, 7) is 1.59. The van der Waals surface area contributed by atoms with Crippen LogP contribution in [0.15, 0.2) is 55.1 Å². The predicted octanol–water partition coefficient (Wildman–Crippen LogP) is 2.93. The van der Waals surface area contributed by atoms with Crippen LogP contribution in [0.5, 0.6) is 11.5 Å². The maximum Gasteiger partial charge on any atom is 0.423 e. The molecule has 12 nitrogen and oxygen atoms in total. The third kappa shape index (κ3) is 11.0. The molecule has 0 amide bonds. The Bertz CT molecular complexity index is 1350. The summed E-state index contributed by atoms with van der Waals surface area (Å²) in [5.41, 5.74) is 0. The summed E-state index contributed by atoms with van der Waals surface area (Å²) in [6.07, 6.45) is 0. The highest BCUT2D eigenvalue weighted by atomic mass is 79.9. The zero-order valence-electron chi connectivity index (χ0n) is 23.7. The lowest BCUT2D eigenvalue weighted by molar-refractivity contribution is -0.156. The summed E-state index contributed by atoms with van der Waals surface area (Å²) in [5, 5.41) is 0. The number of benzene rings is 2. The van der Waals surface area contributed by atoms with Crippen LogP contribution >= 0.6 is 56.7 Å². The van der Waals surface area contributed by atoms with Gasteiger partial charge in [-0.25, -0.2) is 26.4 Å². The lowest BCUT2D eigenvalue weighted by Crippen LogP contribution is -2.33. The third-order valence-corrected chi connectivity index (χ3v) is 10.5. The minimum atomic E-state index is -3.80. The summed E-state index contributed by atoms with van der Waals surface area (Å²) in [6, 6.07) is 7.52. The van der Waals surface area contributed by atoms with Gasteiger partial charge in [0.1, 0.15) is 11.5 Å². The fraction of sp³-hybridized carbons (Fsp3) is 0.417. The average Bonchev–Trinajstić information content (AvgIpc) is 2.87. The van der Waals surface area contributed by atoms with Crippen molar-refractivity contribution in [2.45, 2.75) is 9.79 Å². The molecule has 42 heavy (non-hydrogen) atoms. The van der Waals surface area contributed by atoms with E-state index in [0.717, 1.165) is 0 Å². The Morgan fingerprint density at radius 1 is 0.619 bits per heavy atom. The summed E-state index contributed by atoms with van der Waals surface area (Å²) < 4.78 is 64.1. The summed E-state index contributed by atoms with van der Waals surface area (Å²) >= 11 is 6.35. The van der Waals surface area contributed by atoms with Crippen molar-refractivity contribution < 1.29 is 35.9 Å². The molecular formula is C24H34Br2Cl2N4O8S2. The van der Waals surface area contributed by atoms with Gasteiger partial charge in [0.15, 0.2) is 0 Å². The van der Waals surface area contributed by atoms with Crippen molar-refractivity contribution in [2.24, 2.45) is 0 Å². The van der Waals surface area contributed by atoms with E-state index in [-0.39, 0.29) is 68.1 Å². The molecular weight excluding hydrogens is 767 g/mol. The van der Waals surface area contributed by atoms with Crippen LogP contribution in [0.1, 0.15) is 0 Å². The lowest BCUT2D eigenvalue weighted by Gasteiger charge is -2.20. The molecule has 2 aromatic carbocycles. The molecule has 238 valence electrons. The van der Waals surface area contributed by atoms with Crippen molar-refractivity contribution in [2.75, 3.05) is 68.5 Å². The maximum absolute atomic E-state index is 12.8. The van der Waals surface area contributed by atoms with Crippen LogP contribution < -0.4 is 9.47 Å². The number of hydrogen-bond donors (Lipinski definition) is 0. The smallest absolute Gasteiger partial charge is 0.417 e. The highest BCUT2D eigenvalue weighted by molar-refractivity contribution is 9.11. The van der Waals surface area contributed by atoms with Gasteiger partial charge in [0, 0.05) is 40.3 Å². The molecule has 0 saturated heterocycles. The van der Waals surface area contributed by atoms with Crippen LogP contribution in [-0.2, 0) is 29.6 Å². The van der Waals surface area contributed by atoms with Crippen LogP contribution in [0.25, 0.3) is 0 Å². The molecule has 0 saturated carbocycles. The van der Waals surface area contributed by atoms with Gasteiger partial charge in [-0.15, -0.1) is 24.8 Å². The molecule has 0 unspecified atom stereocenters. The second-order valence-corrected chi connectivity index (χ2v) is 15.0. The molecule has 0 atom stereocenters. The normalized spacial score (nSPS) is 11.8. The minimum absolute atomic E-state index is 0. The Kier molecular flexibility index (Phi) is 16.7. The van der Waals surface area contributed by atoms with E-state index in [9.17, 15) is 26.4 Å². The first-order valence-corrected chi connectivity index (χ1v) is 16.2. The molecule has 0 N–H and O–H groups in total. The van der Waals surface area contributed by atoms with Gasteiger partial charge in [-0.2, -0.15) is 8.61 Å². The van der Waals surface area contributed by atoms with Gasteiger partial charge in [0.2, 0.25) is 20.0 Å². The van der Waals surface area contributed by atoms with Gasteiger partial charge in [-0.3, -0.25) is 0 Å². The maximum atomic E-state index is 12.8. The van der Waals surface area contributed by atoms with Gasteiger partial charge < -0.3 is 19.3 Å². The van der Waals surface area contributed by atoms with Crippen LogP contribution in [-0.4, -0.2) is 116 Å². The van der Waals surface area contributed by atoms with E-state index in [2.05, 4.69) is 31.9 Å². The highest BCUT2D eigenvalue weighted by Gasteiger charge is 2.26. The number of carbonyl (C=O) groups is 2. The van der Waals surface area contributed by atoms with E-state index >= 15 is 0 Å². The number of likely N-dealkylation sites (N-methyl/N-ethyl adjacent to an activating group) is 4. The standard InChI is InChI=1S/C24H32Br2N4O8S2.2ClH/c1-27(2)11-13-29(5)39(33,34)17-7-9-21(19(25)15-17)37-23(31)24(32)38-22-10-8-18(16-20(22)26)40(35,36)30(6)14-12-28(3)4;;/h7-10,15-16H,11-14H2,1-6H3;2*1H. The van der Waals surface area contributed by atoms with Crippen molar-refractivity contribution in [3.05, 3.63) is 45.3 Å². The SMILES string of the molecule is CN(C)CCN(C)S(=O)(=O)c1ccc(OC(=O)C(=O)Oc2ccc(S(=O)(=O)N(C)CCN(C)C)cc2Br)c(Br)c1.Cl.Cl. The van der Waals surface area contributed by atoms with Gasteiger partial charge in [0.25, 0.3) is 0 Å². The Morgan fingerprint density at radius 2 is 0.929 bits per heavy atom. The van der Waals surface area contributed by atoms with Crippen molar-refractivity contribution in [3.8, 4) is 11.5 Å². The number of rotatable bonds is 12. The van der Waals surface area contributed by atoms with Crippen molar-refractivity contribution >= 4 is 88.7 Å². The first-order chi connectivity index (χ1) is 18.5. The first-order valence-electron chi connectivity index (χ1n) is 11.7. The number of sulfonamides is 2. The number of nitrogens with zero attached hydrogens (tertiary/aromatic N) is 4. The van der Waals surface area contributed by atoms with E-state index in [1.807, 2.05) is 38.0 Å². The van der Waals surface area contributed by atoms with Crippen LogP contribution in [0.4, 0.5) is 0 Å². The van der Waals surface area contributed by atoms with Crippen molar-refractivity contribution in [1.82, 2.24) is 18.4 Å². The van der Waals surface area contributed by atoms with E-state index < -0.39 is 32.0 Å². The molecule has 18 heteroatoms. The van der Waals surface area contributed by atoms with Crippen molar-refractivity contribution in [1.29, 1.82) is 0 Å². The molecule has 2 aromatic rings. The Balaban J connectivity index is 0.00000840. The second-order valence-electron chi connectivity index (χ2n) is 9.22. The van der Waals surface area contributed by atoms with E-state index in [1.54, 1.807) is 0 Å². The fourth-order valence-corrected chi connectivity index (χ4v) is 6.61. The molecule has 0 aliphatic rings. The van der Waals surface area contributed by atoms with Gasteiger partial charge in [-0.1, -0.05) is 0 Å². The molecule has 0 heterocycles. The van der Waals surface area contributed by atoms with E-state index in [1.165, 1.54) is 59.1 Å². The number of hydrogen-bond acceptors (Lipinski definition) is 10. The summed E-state index contributed by atoms with van der Waals surface area (Å²) in [4.78, 5) is 28.4. The summed E-state index contributed by atoms with van der Waals surface area (Å²) in [7, 11) is 2.64. The molecule has 0 fully saturated rings. The molecule has 0 radical (unpaired) electrons. The molecule has 0 bridgehead atoms. The topological polar surface area (TPSA) is 134 Å². The number of carbonyl (C=O) groups excluding carboxylic acids is 2. The van der Waals surface area contributed by atoms with Gasteiger partial charge in [-0.05, 0) is 96.4 Å². The highest BCUT2D eigenvalue weighted by Crippen LogP contribution is 2.31. The zero-order chi connectivity index (χ0) is 30.4. The van der Waals surface area contributed by atoms with Crippen molar-refractivity contribution in [3.63, 3.8) is 0 Å². The minimum Gasteiger partial charge on any atom is -0.417 e. The van der Waals surface area contributed by atoms with Crippen LogP contribution in [0.2, 0.25) is 0 Å². The molecule has 0 aliphatic heterocycles. The molecule has 0 spiro atoms. The quantitative estimate of drug-likeness (QED) is 0.179. The lowest BCUT2D eigenvalue weighted by atomic mass is 10.3. The Hall–Kier alpha value is -1.34. The zero-order valence-corrected chi connectivity index (χ0v) is 30.2. The Labute approximate surface area is 276 Å². The first kappa shape index (κ1) is 40.7. The third-order valence-electron chi connectivity index (χ3n) is 5.52. The van der Waals surface area contributed by atoms with E-state index in [4.69, 9.17) is 9.47 Å². The van der Waals surface area contributed by atoms with Crippen LogP contribution in [0.3, 0.4) is 0 Å². The second kappa shape index (κ2) is 17.2. The largest absolute Gasteiger partial charge is 0.423 e. The average molecular weight is 801 g/mol. The fourth-order valence-electron chi connectivity index (χ4n) is 3.01. The van der Waals surface area contributed by atoms with Crippen LogP contribution in [0, 0.1) is 0 Å². The van der Waals surface area contributed by atoms with E-state index in [0.29, 0.717) is 13.1 Å². The Morgan fingerprint density at radius 3 is 1.19 bits per heavy atom. The summed E-state index contributed by atoms with van der Waals surface area (Å²) in [5.74, 6) is -2.94. The monoisotopic (exact) mass is 798 g/mol. The molecule has 0 aliphatic carbocycles. The van der Waals surface area contributed by atoms with Gasteiger partial charge in [0.05, 0.1) is 18.7 Å². The molecule has 2 rings (SSSR count).